The average molecular weight is 229 g/mol. The molecule has 1 aliphatic rings. The van der Waals surface area contributed by atoms with E-state index in [2.05, 4.69) is 43.9 Å². The van der Waals surface area contributed by atoms with Crippen LogP contribution in [0.25, 0.3) is 0 Å². The fraction of sp³-hybridized carbons (Fsp3) is 0.400. The second-order valence-corrected chi connectivity index (χ2v) is 5.02. The van der Waals surface area contributed by atoms with Crippen molar-refractivity contribution in [1.29, 1.82) is 0 Å². The Labute approximate surface area is 103 Å². The lowest BCUT2D eigenvalue weighted by Gasteiger charge is -2.19. The Kier molecular flexibility index (Phi) is 3.05. The Hall–Kier alpha value is -1.57. The number of carbonyl (C=O) groups excluding carboxylic acids is 1. The molecule has 17 heavy (non-hydrogen) atoms. The zero-order valence-corrected chi connectivity index (χ0v) is 10.5. The van der Waals surface area contributed by atoms with Gasteiger partial charge < -0.3 is 5.32 Å². The summed E-state index contributed by atoms with van der Waals surface area (Å²) >= 11 is 0. The molecule has 1 aromatic rings. The predicted octanol–water partition coefficient (Wildman–Crippen LogP) is 2.64. The van der Waals surface area contributed by atoms with E-state index in [1.807, 2.05) is 0 Å². The van der Waals surface area contributed by atoms with Gasteiger partial charge in [0.1, 0.15) is 0 Å². The van der Waals surface area contributed by atoms with Gasteiger partial charge >= 0.3 is 0 Å². The zero-order valence-electron chi connectivity index (χ0n) is 10.5. The molecule has 0 spiro atoms. The number of hydrogen-bond donors (Lipinski definition) is 1. The maximum absolute atomic E-state index is 11.2. The molecular formula is C15H19NO. The second kappa shape index (κ2) is 4.36. The van der Waals surface area contributed by atoms with Crippen molar-refractivity contribution in [3.63, 3.8) is 0 Å². The normalized spacial score (nSPS) is 16.4. The molecule has 1 saturated carbocycles. The van der Waals surface area contributed by atoms with Crippen molar-refractivity contribution >= 4 is 5.91 Å². The van der Waals surface area contributed by atoms with Gasteiger partial charge in [0.2, 0.25) is 5.91 Å². The number of hydrogen-bond acceptors (Lipinski definition) is 1. The fourth-order valence-electron chi connectivity index (χ4n) is 2.43. The highest BCUT2D eigenvalue weighted by molar-refractivity contribution is 5.86. The van der Waals surface area contributed by atoms with Gasteiger partial charge in [-0.25, -0.2) is 0 Å². The Morgan fingerprint density at radius 2 is 2.18 bits per heavy atom. The lowest BCUT2D eigenvalue weighted by molar-refractivity contribution is -0.116. The molecule has 0 aliphatic heterocycles. The number of benzene rings is 1. The summed E-state index contributed by atoms with van der Waals surface area (Å²) in [7, 11) is 0. The van der Waals surface area contributed by atoms with E-state index in [0.29, 0.717) is 0 Å². The van der Waals surface area contributed by atoms with Gasteiger partial charge in [0.05, 0.1) is 0 Å². The molecule has 0 aromatic heterocycles. The molecule has 1 fully saturated rings. The molecule has 0 unspecified atom stereocenters. The molecule has 2 nitrogen and oxygen atoms in total. The van der Waals surface area contributed by atoms with E-state index >= 15 is 0 Å². The summed E-state index contributed by atoms with van der Waals surface area (Å²) in [4.78, 5) is 11.2. The zero-order chi connectivity index (χ0) is 12.5. The highest BCUT2D eigenvalue weighted by atomic mass is 16.1. The van der Waals surface area contributed by atoms with Crippen LogP contribution in [0.15, 0.2) is 30.9 Å². The topological polar surface area (TPSA) is 29.1 Å². The maximum atomic E-state index is 11.2. The summed E-state index contributed by atoms with van der Waals surface area (Å²) in [6, 6.07) is 6.57. The lowest BCUT2D eigenvalue weighted by atomic mass is 9.91. The van der Waals surface area contributed by atoms with E-state index in [1.54, 1.807) is 0 Å². The van der Waals surface area contributed by atoms with Crippen LogP contribution in [0.2, 0.25) is 0 Å². The van der Waals surface area contributed by atoms with Crippen LogP contribution in [0.4, 0.5) is 0 Å². The summed E-state index contributed by atoms with van der Waals surface area (Å²) in [5, 5.41) is 2.92. The van der Waals surface area contributed by atoms with Gasteiger partial charge in [0.25, 0.3) is 0 Å². The average Bonchev–Trinajstić information content (AvgIpc) is 3.07. The van der Waals surface area contributed by atoms with Gasteiger partial charge in [-0.15, -0.1) is 0 Å². The van der Waals surface area contributed by atoms with Crippen molar-refractivity contribution in [3.05, 3.63) is 47.5 Å². The molecule has 1 aromatic carbocycles. The van der Waals surface area contributed by atoms with E-state index in [4.69, 9.17) is 0 Å². The highest BCUT2D eigenvalue weighted by Crippen LogP contribution is 2.48. The molecule has 2 heteroatoms. The lowest BCUT2D eigenvalue weighted by Crippen LogP contribution is -2.31. The number of nitrogens with one attached hydrogen (secondary N) is 1. The van der Waals surface area contributed by atoms with E-state index < -0.39 is 0 Å². The van der Waals surface area contributed by atoms with Crippen LogP contribution in [-0.2, 0) is 10.2 Å². The molecule has 90 valence electrons. The molecule has 0 saturated heterocycles. The van der Waals surface area contributed by atoms with Gasteiger partial charge in [0, 0.05) is 12.0 Å². The molecule has 0 heterocycles. The van der Waals surface area contributed by atoms with E-state index in [0.717, 1.165) is 19.4 Å². The second-order valence-electron chi connectivity index (χ2n) is 5.02. The Morgan fingerprint density at radius 3 is 2.71 bits per heavy atom. The monoisotopic (exact) mass is 229 g/mol. The minimum atomic E-state index is -0.0824. The number of aryl methyl sites for hydroxylation is 2. The number of carbonyl (C=O) groups is 1. The first kappa shape index (κ1) is 11.9. The van der Waals surface area contributed by atoms with Crippen molar-refractivity contribution < 1.29 is 4.79 Å². The van der Waals surface area contributed by atoms with Crippen LogP contribution in [0.1, 0.15) is 29.5 Å². The number of amides is 1. The Balaban J connectivity index is 2.15. The van der Waals surface area contributed by atoms with Crippen molar-refractivity contribution in [2.75, 3.05) is 6.54 Å². The smallest absolute Gasteiger partial charge is 0.243 e. The van der Waals surface area contributed by atoms with Crippen molar-refractivity contribution in [1.82, 2.24) is 5.32 Å². The molecule has 0 radical (unpaired) electrons. The SMILES string of the molecule is C=CC(=O)NCC1(c2ccc(C)cc2C)CC1. The predicted molar refractivity (Wildman–Crippen MR) is 70.0 cm³/mol. The highest BCUT2D eigenvalue weighted by Gasteiger charge is 2.44. The minimum absolute atomic E-state index is 0.0824. The summed E-state index contributed by atoms with van der Waals surface area (Å²) < 4.78 is 0. The number of rotatable bonds is 4. The van der Waals surface area contributed by atoms with Gasteiger partial charge in [-0.2, -0.15) is 0 Å². The van der Waals surface area contributed by atoms with E-state index in [-0.39, 0.29) is 11.3 Å². The Bertz CT molecular complexity index is 458. The molecule has 1 N–H and O–H groups in total. The summed E-state index contributed by atoms with van der Waals surface area (Å²) in [5.74, 6) is -0.0824. The summed E-state index contributed by atoms with van der Waals surface area (Å²) in [6.45, 7) is 8.45. The molecule has 2 rings (SSSR count). The van der Waals surface area contributed by atoms with Crippen LogP contribution in [-0.4, -0.2) is 12.5 Å². The van der Waals surface area contributed by atoms with Gasteiger partial charge in [-0.05, 0) is 43.9 Å². The van der Waals surface area contributed by atoms with Crippen LogP contribution in [0, 0.1) is 13.8 Å². The standard InChI is InChI=1S/C15H19NO/c1-4-14(17)16-10-15(7-8-15)13-6-5-11(2)9-12(13)3/h4-6,9H,1,7-8,10H2,2-3H3,(H,16,17). The van der Waals surface area contributed by atoms with E-state index in [9.17, 15) is 4.79 Å². The molecular weight excluding hydrogens is 210 g/mol. The molecule has 1 aliphatic carbocycles. The third-order valence-electron chi connectivity index (χ3n) is 3.59. The van der Waals surface area contributed by atoms with Crippen LogP contribution >= 0.6 is 0 Å². The quantitative estimate of drug-likeness (QED) is 0.790. The molecule has 0 atom stereocenters. The van der Waals surface area contributed by atoms with Gasteiger partial charge in [-0.1, -0.05) is 30.3 Å². The summed E-state index contributed by atoms with van der Waals surface area (Å²) in [6.07, 6.45) is 3.65. The Morgan fingerprint density at radius 1 is 1.47 bits per heavy atom. The maximum Gasteiger partial charge on any atom is 0.243 e. The molecule has 1 amide bonds. The first-order valence-corrected chi connectivity index (χ1v) is 6.05. The summed E-state index contributed by atoms with van der Waals surface area (Å²) in [5.41, 5.74) is 4.18. The van der Waals surface area contributed by atoms with Crippen LogP contribution in [0.5, 0.6) is 0 Å². The third-order valence-corrected chi connectivity index (χ3v) is 3.59. The largest absolute Gasteiger partial charge is 0.352 e. The van der Waals surface area contributed by atoms with Crippen LogP contribution < -0.4 is 5.32 Å². The van der Waals surface area contributed by atoms with Crippen molar-refractivity contribution in [2.45, 2.75) is 32.1 Å². The third kappa shape index (κ3) is 2.41. The van der Waals surface area contributed by atoms with Crippen molar-refractivity contribution in [3.8, 4) is 0 Å². The molecule has 0 bridgehead atoms. The van der Waals surface area contributed by atoms with Crippen LogP contribution in [0.3, 0.4) is 0 Å². The van der Waals surface area contributed by atoms with Gasteiger partial charge in [-0.3, -0.25) is 4.79 Å². The van der Waals surface area contributed by atoms with Crippen molar-refractivity contribution in [2.24, 2.45) is 0 Å². The van der Waals surface area contributed by atoms with E-state index in [1.165, 1.54) is 22.8 Å². The van der Waals surface area contributed by atoms with Gasteiger partial charge in [0.15, 0.2) is 0 Å². The first-order chi connectivity index (χ1) is 8.07. The first-order valence-electron chi connectivity index (χ1n) is 6.05. The fourth-order valence-corrected chi connectivity index (χ4v) is 2.43. The minimum Gasteiger partial charge on any atom is -0.352 e.